The molecule has 0 saturated heterocycles. The Labute approximate surface area is 116 Å². The third kappa shape index (κ3) is 4.06. The quantitative estimate of drug-likeness (QED) is 0.821. The van der Waals surface area contributed by atoms with Gasteiger partial charge in [-0.1, -0.05) is 38.1 Å². The van der Waals surface area contributed by atoms with E-state index in [0.29, 0.717) is 13.1 Å². The maximum atomic E-state index is 12.4. The molecule has 106 valence electrons. The van der Waals surface area contributed by atoms with Gasteiger partial charge in [0.1, 0.15) is 0 Å². The molecule has 0 aliphatic carbocycles. The van der Waals surface area contributed by atoms with Crippen LogP contribution in [0, 0.1) is 5.92 Å². The van der Waals surface area contributed by atoms with Gasteiger partial charge in [-0.2, -0.15) is 0 Å². The van der Waals surface area contributed by atoms with Crippen LogP contribution in [0.2, 0.25) is 0 Å². The zero-order chi connectivity index (χ0) is 14.3. The number of carbonyl (C=O) groups excluding carboxylic acids is 1. The maximum Gasteiger partial charge on any atom is 0.225 e. The minimum atomic E-state index is 0.144. The highest BCUT2D eigenvalue weighted by Gasteiger charge is 2.20. The molecule has 1 amide bonds. The van der Waals surface area contributed by atoms with E-state index in [2.05, 4.69) is 19.9 Å². The first-order valence-corrected chi connectivity index (χ1v) is 7.23. The number of hydrogen-bond donors (Lipinski definition) is 1. The first kappa shape index (κ1) is 15.7. The van der Waals surface area contributed by atoms with E-state index >= 15 is 0 Å². The minimum absolute atomic E-state index is 0.144. The number of hydrogen-bond acceptors (Lipinski definition) is 2. The third-order valence-corrected chi connectivity index (χ3v) is 3.73. The molecular weight excluding hydrogens is 236 g/mol. The Morgan fingerprint density at radius 1 is 1.16 bits per heavy atom. The van der Waals surface area contributed by atoms with Gasteiger partial charge in [0.2, 0.25) is 5.91 Å². The average molecular weight is 262 g/mol. The van der Waals surface area contributed by atoms with Crippen LogP contribution < -0.4 is 5.73 Å². The molecule has 0 heterocycles. The number of benzene rings is 1. The van der Waals surface area contributed by atoms with Crippen molar-refractivity contribution in [2.75, 3.05) is 6.54 Å². The van der Waals surface area contributed by atoms with Crippen LogP contribution in [0.3, 0.4) is 0 Å². The van der Waals surface area contributed by atoms with Gasteiger partial charge < -0.3 is 10.6 Å². The topological polar surface area (TPSA) is 46.3 Å². The van der Waals surface area contributed by atoms with Crippen molar-refractivity contribution in [3.63, 3.8) is 0 Å². The van der Waals surface area contributed by atoms with Crippen molar-refractivity contribution in [3.8, 4) is 0 Å². The van der Waals surface area contributed by atoms with Crippen molar-refractivity contribution in [3.05, 3.63) is 35.4 Å². The molecule has 0 spiro atoms. The summed E-state index contributed by atoms with van der Waals surface area (Å²) in [6, 6.07) is 8.09. The summed E-state index contributed by atoms with van der Waals surface area (Å²) < 4.78 is 0. The molecule has 0 fully saturated rings. The highest BCUT2D eigenvalue weighted by Crippen LogP contribution is 2.16. The number of amides is 1. The maximum absolute atomic E-state index is 12.4. The van der Waals surface area contributed by atoms with Gasteiger partial charge in [0.25, 0.3) is 0 Å². The summed E-state index contributed by atoms with van der Waals surface area (Å²) in [6.07, 6.45) is 1.81. The van der Waals surface area contributed by atoms with Gasteiger partial charge in [0, 0.05) is 25.6 Å². The van der Waals surface area contributed by atoms with Gasteiger partial charge in [-0.25, -0.2) is 0 Å². The average Bonchev–Trinajstić information content (AvgIpc) is 2.46. The molecule has 0 saturated carbocycles. The van der Waals surface area contributed by atoms with E-state index in [9.17, 15) is 4.79 Å². The number of rotatable bonds is 7. The van der Waals surface area contributed by atoms with Crippen LogP contribution in [0.5, 0.6) is 0 Å². The summed E-state index contributed by atoms with van der Waals surface area (Å²) in [5.41, 5.74) is 8.03. The molecule has 3 heteroatoms. The van der Waals surface area contributed by atoms with Gasteiger partial charge in [-0.3, -0.25) is 4.79 Å². The third-order valence-electron chi connectivity index (χ3n) is 3.73. The second-order valence-corrected chi connectivity index (χ2v) is 4.84. The van der Waals surface area contributed by atoms with Gasteiger partial charge in [0.05, 0.1) is 0 Å². The van der Waals surface area contributed by atoms with Crippen molar-refractivity contribution in [1.29, 1.82) is 0 Å². The zero-order valence-electron chi connectivity index (χ0n) is 12.4. The summed E-state index contributed by atoms with van der Waals surface area (Å²) in [4.78, 5) is 14.4. The van der Waals surface area contributed by atoms with Gasteiger partial charge in [-0.05, 0) is 30.9 Å². The van der Waals surface area contributed by atoms with Crippen molar-refractivity contribution in [1.82, 2.24) is 4.90 Å². The molecule has 0 radical (unpaired) electrons. The van der Waals surface area contributed by atoms with Crippen molar-refractivity contribution >= 4 is 5.91 Å². The Morgan fingerprint density at radius 2 is 1.74 bits per heavy atom. The molecule has 2 N–H and O–H groups in total. The molecule has 0 bridgehead atoms. The molecule has 1 aromatic rings. The van der Waals surface area contributed by atoms with E-state index in [-0.39, 0.29) is 11.8 Å². The Kier molecular flexibility index (Phi) is 6.57. The van der Waals surface area contributed by atoms with Crippen LogP contribution >= 0.6 is 0 Å². The highest BCUT2D eigenvalue weighted by atomic mass is 16.2. The summed E-state index contributed by atoms with van der Waals surface area (Å²) in [5.74, 6) is 0.407. The Morgan fingerprint density at radius 3 is 2.21 bits per heavy atom. The molecule has 19 heavy (non-hydrogen) atoms. The summed E-state index contributed by atoms with van der Waals surface area (Å²) in [5, 5.41) is 0. The first-order valence-electron chi connectivity index (χ1n) is 7.23. The van der Waals surface area contributed by atoms with Crippen LogP contribution in [0.1, 0.15) is 44.7 Å². The SMILES string of the molecule is CCC(CC)C(=O)N(CC)Cc1ccccc1CN. The van der Waals surface area contributed by atoms with E-state index in [0.717, 1.165) is 30.5 Å². The predicted octanol–water partition coefficient (Wildman–Crippen LogP) is 2.93. The summed E-state index contributed by atoms with van der Waals surface area (Å²) in [7, 11) is 0. The molecular formula is C16H26N2O. The first-order chi connectivity index (χ1) is 9.17. The summed E-state index contributed by atoms with van der Waals surface area (Å²) in [6.45, 7) is 8.12. The Balaban J connectivity index is 2.84. The predicted molar refractivity (Wildman–Crippen MR) is 79.5 cm³/mol. The lowest BCUT2D eigenvalue weighted by Gasteiger charge is -2.26. The van der Waals surface area contributed by atoms with E-state index in [1.54, 1.807) is 0 Å². The van der Waals surface area contributed by atoms with Gasteiger partial charge >= 0.3 is 0 Å². The van der Waals surface area contributed by atoms with E-state index in [1.165, 1.54) is 0 Å². The van der Waals surface area contributed by atoms with Gasteiger partial charge in [-0.15, -0.1) is 0 Å². The van der Waals surface area contributed by atoms with Crippen LogP contribution in [0.4, 0.5) is 0 Å². The molecule has 3 nitrogen and oxygen atoms in total. The minimum Gasteiger partial charge on any atom is -0.338 e. The van der Waals surface area contributed by atoms with Crippen molar-refractivity contribution in [2.24, 2.45) is 11.7 Å². The second kappa shape index (κ2) is 7.95. The van der Waals surface area contributed by atoms with E-state index in [4.69, 9.17) is 5.73 Å². The Bertz CT molecular complexity index is 399. The van der Waals surface area contributed by atoms with Crippen molar-refractivity contribution < 1.29 is 4.79 Å². The molecule has 0 unspecified atom stereocenters. The lowest BCUT2D eigenvalue weighted by molar-refractivity contribution is -0.136. The largest absolute Gasteiger partial charge is 0.338 e. The summed E-state index contributed by atoms with van der Waals surface area (Å²) >= 11 is 0. The fourth-order valence-corrected chi connectivity index (χ4v) is 2.36. The number of carbonyl (C=O) groups is 1. The molecule has 1 aromatic carbocycles. The monoisotopic (exact) mass is 262 g/mol. The van der Waals surface area contributed by atoms with Crippen LogP contribution in [0.25, 0.3) is 0 Å². The van der Waals surface area contributed by atoms with Gasteiger partial charge in [0.15, 0.2) is 0 Å². The molecule has 0 aromatic heterocycles. The highest BCUT2D eigenvalue weighted by molar-refractivity contribution is 5.78. The second-order valence-electron chi connectivity index (χ2n) is 4.84. The van der Waals surface area contributed by atoms with Crippen LogP contribution in [-0.2, 0) is 17.9 Å². The van der Waals surface area contributed by atoms with Crippen molar-refractivity contribution in [2.45, 2.75) is 46.7 Å². The molecule has 0 atom stereocenters. The van der Waals surface area contributed by atoms with Crippen LogP contribution in [-0.4, -0.2) is 17.4 Å². The molecule has 0 aliphatic rings. The normalized spacial score (nSPS) is 10.8. The lowest BCUT2D eigenvalue weighted by Crippen LogP contribution is -2.35. The fraction of sp³-hybridized carbons (Fsp3) is 0.562. The number of nitrogens with zero attached hydrogens (tertiary/aromatic N) is 1. The smallest absolute Gasteiger partial charge is 0.225 e. The molecule has 1 rings (SSSR count). The molecule has 0 aliphatic heterocycles. The van der Waals surface area contributed by atoms with E-state index < -0.39 is 0 Å². The number of nitrogens with two attached hydrogens (primary N) is 1. The lowest BCUT2D eigenvalue weighted by atomic mass is 10.0. The fourth-order valence-electron chi connectivity index (χ4n) is 2.36. The Hall–Kier alpha value is -1.35. The standard InChI is InChI=1S/C16H26N2O/c1-4-13(5-2)16(19)18(6-3)12-15-10-8-7-9-14(15)11-17/h7-10,13H,4-6,11-12,17H2,1-3H3. The zero-order valence-corrected chi connectivity index (χ0v) is 12.4. The van der Waals surface area contributed by atoms with E-state index in [1.807, 2.05) is 30.0 Å². The van der Waals surface area contributed by atoms with Crippen LogP contribution in [0.15, 0.2) is 24.3 Å².